The number of likely N-dealkylation sites (N-methyl/N-ethyl adjacent to an activating group) is 1. The van der Waals surface area contributed by atoms with E-state index < -0.39 is 0 Å². The number of anilines is 1. The summed E-state index contributed by atoms with van der Waals surface area (Å²) < 4.78 is 3.67. The van der Waals surface area contributed by atoms with Gasteiger partial charge in [-0.15, -0.1) is 0 Å². The van der Waals surface area contributed by atoms with Crippen molar-refractivity contribution >= 4 is 11.7 Å². The van der Waals surface area contributed by atoms with E-state index in [-0.39, 0.29) is 12.1 Å². The van der Waals surface area contributed by atoms with Gasteiger partial charge in [-0.2, -0.15) is 5.10 Å². The second-order valence-corrected chi connectivity index (χ2v) is 7.09. The van der Waals surface area contributed by atoms with E-state index in [1.54, 1.807) is 17.2 Å². The molecule has 0 bridgehead atoms. The second-order valence-electron chi connectivity index (χ2n) is 7.09. The van der Waals surface area contributed by atoms with Crippen LogP contribution in [0.4, 0.5) is 10.5 Å². The van der Waals surface area contributed by atoms with Crippen molar-refractivity contribution in [2.24, 2.45) is 14.1 Å². The number of nitrogens with zero attached hydrogens (tertiary/aromatic N) is 7. The molecule has 4 rings (SSSR count). The van der Waals surface area contributed by atoms with Crippen LogP contribution in [0.5, 0.6) is 0 Å². The van der Waals surface area contributed by atoms with E-state index in [9.17, 15) is 4.79 Å². The van der Waals surface area contributed by atoms with Crippen LogP contribution in [0.1, 0.15) is 11.9 Å². The number of nitrogens with one attached hydrogen (secondary N) is 1. The van der Waals surface area contributed by atoms with Crippen molar-refractivity contribution in [3.8, 4) is 11.4 Å². The van der Waals surface area contributed by atoms with Crippen molar-refractivity contribution < 1.29 is 4.79 Å². The van der Waals surface area contributed by atoms with Crippen LogP contribution in [-0.2, 0) is 14.1 Å². The molecule has 2 aromatic heterocycles. The van der Waals surface area contributed by atoms with Crippen LogP contribution in [0.15, 0.2) is 43.0 Å². The topological polar surface area (TPSA) is 84.1 Å². The van der Waals surface area contributed by atoms with Crippen LogP contribution in [-0.4, -0.2) is 66.8 Å². The summed E-state index contributed by atoms with van der Waals surface area (Å²) in [4.78, 5) is 25.5. The van der Waals surface area contributed by atoms with E-state index >= 15 is 0 Å². The quantitative estimate of drug-likeness (QED) is 0.748. The minimum Gasteiger partial charge on any atom is -0.337 e. The fraction of sp³-hybridized carbons (Fsp3) is 0.368. The fourth-order valence-corrected chi connectivity index (χ4v) is 3.41. The van der Waals surface area contributed by atoms with Gasteiger partial charge in [-0.25, -0.2) is 14.8 Å². The molecule has 146 valence electrons. The van der Waals surface area contributed by atoms with Crippen molar-refractivity contribution in [3.63, 3.8) is 0 Å². The molecule has 1 fully saturated rings. The van der Waals surface area contributed by atoms with Crippen LogP contribution in [0.25, 0.3) is 11.4 Å². The number of urea groups is 1. The summed E-state index contributed by atoms with van der Waals surface area (Å²) >= 11 is 0. The average molecular weight is 380 g/mol. The number of benzene rings is 1. The number of hydrogen-bond acceptors (Lipinski definition) is 5. The molecule has 1 atom stereocenters. The first-order chi connectivity index (χ1) is 13.5. The molecule has 1 unspecified atom stereocenters. The summed E-state index contributed by atoms with van der Waals surface area (Å²) in [5, 5.41) is 7.28. The monoisotopic (exact) mass is 380 g/mol. The molecule has 1 aliphatic rings. The molecule has 1 N–H and O–H groups in total. The summed E-state index contributed by atoms with van der Waals surface area (Å²) in [6.07, 6.45) is 5.39. The molecule has 1 saturated heterocycles. The lowest BCUT2D eigenvalue weighted by atomic mass is 10.1. The zero-order chi connectivity index (χ0) is 19.7. The van der Waals surface area contributed by atoms with Gasteiger partial charge in [-0.3, -0.25) is 9.58 Å². The SMILES string of the molecule is CN1CCN(C(=O)Nc2ccc(-c3ncn(C)n3)cc2)CC1c1nccn1C. The van der Waals surface area contributed by atoms with Crippen LogP contribution in [0.2, 0.25) is 0 Å². The number of carbonyl (C=O) groups is 1. The molecular weight excluding hydrogens is 356 g/mol. The molecule has 0 radical (unpaired) electrons. The highest BCUT2D eigenvalue weighted by molar-refractivity contribution is 5.89. The third kappa shape index (κ3) is 3.61. The van der Waals surface area contributed by atoms with Crippen LogP contribution < -0.4 is 5.32 Å². The van der Waals surface area contributed by atoms with Gasteiger partial charge in [0.15, 0.2) is 5.82 Å². The van der Waals surface area contributed by atoms with Gasteiger partial charge >= 0.3 is 6.03 Å². The molecule has 0 saturated carbocycles. The lowest BCUT2D eigenvalue weighted by Gasteiger charge is -2.38. The third-order valence-electron chi connectivity index (χ3n) is 5.09. The van der Waals surface area contributed by atoms with E-state index in [2.05, 4.69) is 32.3 Å². The maximum absolute atomic E-state index is 12.8. The number of imidazole rings is 1. The van der Waals surface area contributed by atoms with E-state index in [1.807, 2.05) is 54.0 Å². The Morgan fingerprint density at radius 2 is 1.89 bits per heavy atom. The maximum atomic E-state index is 12.8. The van der Waals surface area contributed by atoms with Crippen molar-refractivity contribution in [2.75, 3.05) is 32.0 Å². The van der Waals surface area contributed by atoms with Crippen molar-refractivity contribution in [3.05, 3.63) is 48.8 Å². The lowest BCUT2D eigenvalue weighted by Crippen LogP contribution is -2.50. The number of hydrogen-bond donors (Lipinski definition) is 1. The first-order valence-corrected chi connectivity index (χ1v) is 9.21. The predicted octanol–water partition coefficient (Wildman–Crippen LogP) is 1.74. The molecule has 0 aliphatic carbocycles. The highest BCUT2D eigenvalue weighted by atomic mass is 16.2. The zero-order valence-electron chi connectivity index (χ0n) is 16.3. The van der Waals surface area contributed by atoms with Gasteiger partial charge in [0, 0.05) is 57.4 Å². The Balaban J connectivity index is 1.42. The summed E-state index contributed by atoms with van der Waals surface area (Å²) in [6.45, 7) is 2.08. The molecule has 9 heteroatoms. The Morgan fingerprint density at radius 1 is 1.11 bits per heavy atom. The molecule has 1 aliphatic heterocycles. The smallest absolute Gasteiger partial charge is 0.321 e. The first kappa shape index (κ1) is 18.2. The van der Waals surface area contributed by atoms with Gasteiger partial charge in [-0.1, -0.05) is 0 Å². The standard InChI is InChI=1S/C19H24N8O/c1-24-10-11-27(12-16(24)18-20-8-9-25(18)2)19(28)22-15-6-4-14(5-7-15)17-21-13-26(3)23-17/h4-9,13,16H,10-12H2,1-3H3,(H,22,28). The first-order valence-electron chi connectivity index (χ1n) is 9.21. The van der Waals surface area contributed by atoms with Crippen molar-refractivity contribution in [1.29, 1.82) is 0 Å². The van der Waals surface area contributed by atoms with Gasteiger partial charge in [0.2, 0.25) is 0 Å². The molecule has 3 heterocycles. The predicted molar refractivity (Wildman–Crippen MR) is 106 cm³/mol. The Kier molecular flexibility index (Phi) is 4.82. The zero-order valence-corrected chi connectivity index (χ0v) is 16.3. The number of rotatable bonds is 3. The number of carbonyl (C=O) groups excluding carboxylic acids is 1. The second kappa shape index (κ2) is 7.43. The maximum Gasteiger partial charge on any atom is 0.321 e. The highest BCUT2D eigenvalue weighted by Crippen LogP contribution is 2.23. The van der Waals surface area contributed by atoms with E-state index in [1.165, 1.54) is 0 Å². The Bertz CT molecular complexity index is 960. The van der Waals surface area contributed by atoms with Gasteiger partial charge < -0.3 is 14.8 Å². The Morgan fingerprint density at radius 3 is 2.54 bits per heavy atom. The third-order valence-corrected chi connectivity index (χ3v) is 5.09. The molecule has 2 amide bonds. The van der Waals surface area contributed by atoms with E-state index in [4.69, 9.17) is 0 Å². The largest absolute Gasteiger partial charge is 0.337 e. The average Bonchev–Trinajstić information content (AvgIpc) is 3.31. The summed E-state index contributed by atoms with van der Waals surface area (Å²) in [5.74, 6) is 1.63. The number of piperazine rings is 1. The summed E-state index contributed by atoms with van der Waals surface area (Å²) in [5.41, 5.74) is 1.66. The highest BCUT2D eigenvalue weighted by Gasteiger charge is 2.30. The fourth-order valence-electron chi connectivity index (χ4n) is 3.41. The van der Waals surface area contributed by atoms with Crippen LogP contribution in [0.3, 0.4) is 0 Å². The summed E-state index contributed by atoms with van der Waals surface area (Å²) in [6, 6.07) is 7.54. The summed E-state index contributed by atoms with van der Waals surface area (Å²) in [7, 11) is 5.88. The van der Waals surface area contributed by atoms with Gasteiger partial charge in [0.05, 0.1) is 6.04 Å². The Hall–Kier alpha value is -3.20. The number of aryl methyl sites for hydroxylation is 2. The number of amides is 2. The Labute approximate surface area is 163 Å². The molecule has 0 spiro atoms. The van der Waals surface area contributed by atoms with E-state index in [0.717, 1.165) is 23.6 Å². The van der Waals surface area contributed by atoms with Crippen molar-refractivity contribution in [2.45, 2.75) is 6.04 Å². The van der Waals surface area contributed by atoms with Gasteiger partial charge in [0.25, 0.3) is 0 Å². The lowest BCUT2D eigenvalue weighted by molar-refractivity contribution is 0.110. The van der Waals surface area contributed by atoms with Gasteiger partial charge in [0.1, 0.15) is 12.2 Å². The van der Waals surface area contributed by atoms with Gasteiger partial charge in [-0.05, 0) is 31.3 Å². The van der Waals surface area contributed by atoms with Crippen LogP contribution in [0, 0.1) is 0 Å². The molecule has 9 nitrogen and oxygen atoms in total. The minimum absolute atomic E-state index is 0.0807. The molecule has 3 aromatic rings. The van der Waals surface area contributed by atoms with Crippen molar-refractivity contribution in [1.82, 2.24) is 34.1 Å². The van der Waals surface area contributed by atoms with Crippen LogP contribution >= 0.6 is 0 Å². The number of aromatic nitrogens is 5. The molecule has 28 heavy (non-hydrogen) atoms. The minimum atomic E-state index is -0.101. The normalized spacial score (nSPS) is 17.7. The van der Waals surface area contributed by atoms with E-state index in [0.29, 0.717) is 18.9 Å². The molecular formula is C19H24N8O. The molecule has 1 aromatic carbocycles.